The molecule has 0 aromatic heterocycles. The maximum absolute atomic E-state index is 12.2. The van der Waals surface area contributed by atoms with Crippen molar-refractivity contribution < 1.29 is 9.53 Å². The molecule has 0 heterocycles. The molecule has 0 spiro atoms. The Morgan fingerprint density at radius 2 is 1.76 bits per heavy atom. The lowest BCUT2D eigenvalue weighted by Gasteiger charge is -2.13. The number of ether oxygens (including phenoxy) is 1. The highest BCUT2D eigenvalue weighted by molar-refractivity contribution is 5.97. The van der Waals surface area contributed by atoms with Crippen molar-refractivity contribution >= 4 is 5.78 Å². The van der Waals surface area contributed by atoms with Gasteiger partial charge in [0, 0.05) is 5.56 Å². The lowest BCUT2D eigenvalue weighted by molar-refractivity contribution is 0.0920. The van der Waals surface area contributed by atoms with Gasteiger partial charge in [0.15, 0.2) is 12.4 Å². The quantitative estimate of drug-likeness (QED) is 0.744. The van der Waals surface area contributed by atoms with Gasteiger partial charge in [0.2, 0.25) is 0 Å². The zero-order chi connectivity index (χ0) is 15.4. The van der Waals surface area contributed by atoms with Crippen LogP contribution in [0, 0.1) is 13.8 Å². The summed E-state index contributed by atoms with van der Waals surface area (Å²) in [6.07, 6.45) is 0. The first-order valence-corrected chi connectivity index (χ1v) is 7.31. The molecule has 2 aromatic rings. The largest absolute Gasteiger partial charge is 0.485 e. The smallest absolute Gasteiger partial charge is 0.200 e. The van der Waals surface area contributed by atoms with Crippen LogP contribution in [-0.4, -0.2) is 12.4 Å². The van der Waals surface area contributed by atoms with Gasteiger partial charge in [-0.3, -0.25) is 4.79 Å². The van der Waals surface area contributed by atoms with E-state index in [1.54, 1.807) is 0 Å². The van der Waals surface area contributed by atoms with Gasteiger partial charge in [-0.15, -0.1) is 0 Å². The van der Waals surface area contributed by atoms with Gasteiger partial charge in [-0.2, -0.15) is 0 Å². The minimum absolute atomic E-state index is 0.0108. The molecule has 0 saturated heterocycles. The first kappa shape index (κ1) is 15.3. The van der Waals surface area contributed by atoms with Gasteiger partial charge in [-0.1, -0.05) is 44.2 Å². The third-order valence-corrected chi connectivity index (χ3v) is 3.73. The average molecular weight is 282 g/mol. The van der Waals surface area contributed by atoms with Crippen LogP contribution in [0.1, 0.15) is 46.8 Å². The van der Waals surface area contributed by atoms with Crippen LogP contribution in [0.2, 0.25) is 0 Å². The van der Waals surface area contributed by atoms with Gasteiger partial charge >= 0.3 is 0 Å². The average Bonchev–Trinajstić information content (AvgIpc) is 2.47. The zero-order valence-corrected chi connectivity index (χ0v) is 13.1. The number of para-hydroxylation sites is 1. The van der Waals surface area contributed by atoms with Gasteiger partial charge in [0.1, 0.15) is 5.75 Å². The van der Waals surface area contributed by atoms with E-state index in [1.165, 1.54) is 5.56 Å². The number of rotatable bonds is 5. The molecule has 2 aromatic carbocycles. The van der Waals surface area contributed by atoms with Gasteiger partial charge in [0.05, 0.1) is 0 Å². The summed E-state index contributed by atoms with van der Waals surface area (Å²) < 4.78 is 5.74. The minimum Gasteiger partial charge on any atom is -0.485 e. The van der Waals surface area contributed by atoms with Crippen molar-refractivity contribution in [2.45, 2.75) is 33.6 Å². The number of benzene rings is 2. The molecular weight excluding hydrogens is 260 g/mol. The molecule has 21 heavy (non-hydrogen) atoms. The number of hydrogen-bond acceptors (Lipinski definition) is 2. The highest BCUT2D eigenvalue weighted by atomic mass is 16.5. The van der Waals surface area contributed by atoms with E-state index in [-0.39, 0.29) is 12.4 Å². The molecule has 2 rings (SSSR count). The fraction of sp³-hybridized carbons (Fsp3) is 0.316. The second-order valence-corrected chi connectivity index (χ2v) is 5.70. The van der Waals surface area contributed by atoms with Crippen molar-refractivity contribution in [3.63, 3.8) is 0 Å². The molecule has 0 aliphatic rings. The second-order valence-electron chi connectivity index (χ2n) is 5.70. The highest BCUT2D eigenvalue weighted by Gasteiger charge is 2.11. The summed E-state index contributed by atoms with van der Waals surface area (Å²) in [7, 11) is 0. The molecule has 0 aliphatic heterocycles. The normalized spacial score (nSPS) is 10.7. The van der Waals surface area contributed by atoms with Crippen LogP contribution in [0.15, 0.2) is 42.5 Å². The fourth-order valence-electron chi connectivity index (χ4n) is 2.23. The molecule has 0 fully saturated rings. The molecule has 2 nitrogen and oxygen atoms in total. The Bertz CT molecular complexity index is 642. The number of Topliss-reactive ketones (excluding diaryl/α,β-unsaturated/α-hetero) is 1. The standard InChI is InChI=1S/C19H22O2/c1-13(2)17-7-5-6-8-19(17)21-12-18(20)16-10-9-14(3)15(4)11-16/h5-11,13H,12H2,1-4H3. The highest BCUT2D eigenvalue weighted by Crippen LogP contribution is 2.26. The summed E-state index contributed by atoms with van der Waals surface area (Å²) in [6, 6.07) is 13.7. The number of carbonyl (C=O) groups excluding carboxylic acids is 1. The first-order chi connectivity index (χ1) is 9.99. The maximum Gasteiger partial charge on any atom is 0.200 e. The van der Waals surface area contributed by atoms with Crippen LogP contribution >= 0.6 is 0 Å². The second kappa shape index (κ2) is 6.57. The van der Waals surface area contributed by atoms with E-state index in [4.69, 9.17) is 4.74 Å². The van der Waals surface area contributed by atoms with E-state index in [9.17, 15) is 4.79 Å². The molecule has 0 saturated carbocycles. The van der Waals surface area contributed by atoms with Crippen LogP contribution in [0.5, 0.6) is 5.75 Å². The zero-order valence-electron chi connectivity index (χ0n) is 13.1. The minimum atomic E-state index is 0.0108. The van der Waals surface area contributed by atoms with Crippen LogP contribution < -0.4 is 4.74 Å². The maximum atomic E-state index is 12.2. The molecule has 0 aliphatic carbocycles. The summed E-state index contributed by atoms with van der Waals surface area (Å²) >= 11 is 0. The van der Waals surface area contributed by atoms with Gasteiger partial charge in [-0.05, 0) is 48.6 Å². The molecule has 0 amide bonds. The van der Waals surface area contributed by atoms with Gasteiger partial charge in [-0.25, -0.2) is 0 Å². The molecule has 0 atom stereocenters. The fourth-order valence-corrected chi connectivity index (χ4v) is 2.23. The van der Waals surface area contributed by atoms with E-state index in [0.717, 1.165) is 16.9 Å². The monoisotopic (exact) mass is 282 g/mol. The Balaban J connectivity index is 2.09. The Labute approximate surface area is 126 Å². The predicted molar refractivity (Wildman–Crippen MR) is 86.3 cm³/mol. The van der Waals surface area contributed by atoms with Crippen molar-refractivity contribution in [2.75, 3.05) is 6.61 Å². The van der Waals surface area contributed by atoms with Crippen LogP contribution in [0.3, 0.4) is 0 Å². The molecule has 110 valence electrons. The topological polar surface area (TPSA) is 26.3 Å². The summed E-state index contributed by atoms with van der Waals surface area (Å²) in [5, 5.41) is 0. The van der Waals surface area contributed by atoms with Crippen molar-refractivity contribution in [2.24, 2.45) is 0 Å². The Morgan fingerprint density at radius 1 is 1.05 bits per heavy atom. The van der Waals surface area contributed by atoms with E-state index >= 15 is 0 Å². The molecule has 0 radical (unpaired) electrons. The Hall–Kier alpha value is -2.09. The number of carbonyl (C=O) groups is 1. The SMILES string of the molecule is Cc1ccc(C(=O)COc2ccccc2C(C)C)cc1C. The van der Waals surface area contributed by atoms with Crippen molar-refractivity contribution in [1.82, 2.24) is 0 Å². The van der Waals surface area contributed by atoms with Crippen LogP contribution in [-0.2, 0) is 0 Å². The first-order valence-electron chi connectivity index (χ1n) is 7.31. The molecule has 2 heteroatoms. The summed E-state index contributed by atoms with van der Waals surface area (Å²) in [5.74, 6) is 1.18. The predicted octanol–water partition coefficient (Wildman–Crippen LogP) is 4.69. The van der Waals surface area contributed by atoms with E-state index < -0.39 is 0 Å². The van der Waals surface area contributed by atoms with Crippen LogP contribution in [0.25, 0.3) is 0 Å². The summed E-state index contributed by atoms with van der Waals surface area (Å²) in [6.45, 7) is 8.37. The molecular formula is C19H22O2. The van der Waals surface area contributed by atoms with Gasteiger partial charge in [0.25, 0.3) is 0 Å². The number of aryl methyl sites for hydroxylation is 2. The van der Waals surface area contributed by atoms with E-state index in [1.807, 2.05) is 56.3 Å². The molecule has 0 unspecified atom stereocenters. The summed E-state index contributed by atoms with van der Waals surface area (Å²) in [4.78, 5) is 12.2. The lowest BCUT2D eigenvalue weighted by atomic mass is 10.0. The lowest BCUT2D eigenvalue weighted by Crippen LogP contribution is -2.13. The number of ketones is 1. The Kier molecular flexibility index (Phi) is 4.79. The third-order valence-electron chi connectivity index (χ3n) is 3.73. The van der Waals surface area contributed by atoms with E-state index in [2.05, 4.69) is 13.8 Å². The number of hydrogen-bond donors (Lipinski definition) is 0. The third kappa shape index (κ3) is 3.72. The van der Waals surface area contributed by atoms with Crippen LogP contribution in [0.4, 0.5) is 0 Å². The summed E-state index contributed by atoms with van der Waals surface area (Å²) in [5.41, 5.74) is 4.16. The molecule has 0 N–H and O–H groups in total. The van der Waals surface area contributed by atoms with Crippen molar-refractivity contribution in [3.8, 4) is 5.75 Å². The Morgan fingerprint density at radius 3 is 2.43 bits per heavy atom. The van der Waals surface area contributed by atoms with Crippen molar-refractivity contribution in [1.29, 1.82) is 0 Å². The van der Waals surface area contributed by atoms with Crippen molar-refractivity contribution in [3.05, 3.63) is 64.7 Å². The van der Waals surface area contributed by atoms with E-state index in [0.29, 0.717) is 11.5 Å². The van der Waals surface area contributed by atoms with Gasteiger partial charge < -0.3 is 4.74 Å². The molecule has 0 bridgehead atoms.